The van der Waals surface area contributed by atoms with Gasteiger partial charge < -0.3 is 5.73 Å². The highest BCUT2D eigenvalue weighted by Gasteiger charge is 1.94. The predicted molar refractivity (Wildman–Crippen MR) is 61.0 cm³/mol. The number of nitrogens with two attached hydrogens (primary N) is 1. The second-order valence-corrected chi connectivity index (χ2v) is 2.59. The summed E-state index contributed by atoms with van der Waals surface area (Å²) >= 11 is 5.82. The van der Waals surface area contributed by atoms with Crippen LogP contribution in [0.2, 0.25) is 0 Å². The van der Waals surface area contributed by atoms with E-state index in [0.717, 1.165) is 0 Å². The molecule has 0 aromatic carbocycles. The lowest BCUT2D eigenvalue weighted by molar-refractivity contribution is 1.00. The van der Waals surface area contributed by atoms with Gasteiger partial charge in [-0.1, -0.05) is 24.3 Å². The Bertz CT molecular complexity index is 303. The average Bonchev–Trinajstić information content (AvgIpc) is 2.12. The second-order valence-electron chi connectivity index (χ2n) is 2.18. The Kier molecular flexibility index (Phi) is 6.06. The molecule has 14 heavy (non-hydrogen) atoms. The summed E-state index contributed by atoms with van der Waals surface area (Å²) in [6, 6.07) is 0. The van der Waals surface area contributed by atoms with Gasteiger partial charge in [-0.3, -0.25) is 10.4 Å². The maximum atomic E-state index is 6.84. The third-order valence-corrected chi connectivity index (χ3v) is 1.44. The number of nitrogens with one attached hydrogen (secondary N) is 2. The summed E-state index contributed by atoms with van der Waals surface area (Å²) in [5.74, 6) is -0.245. The Morgan fingerprint density at radius 3 is 2.64 bits per heavy atom. The number of halogens is 1. The number of nitrogens with zero attached hydrogens (tertiary/aromatic N) is 2. The zero-order valence-corrected chi connectivity index (χ0v) is 8.54. The van der Waals surface area contributed by atoms with Gasteiger partial charge in [0.05, 0.1) is 11.2 Å². The van der Waals surface area contributed by atoms with Crippen LogP contribution in [0.25, 0.3) is 0 Å². The molecule has 6 heteroatoms. The third-order valence-electron chi connectivity index (χ3n) is 1.13. The molecule has 0 aromatic heterocycles. The zero-order valence-electron chi connectivity index (χ0n) is 7.79. The molecule has 0 fully saturated rings. The van der Waals surface area contributed by atoms with E-state index >= 15 is 0 Å². The molecule has 0 aliphatic heterocycles. The first kappa shape index (κ1) is 12.4. The first-order valence-corrected chi connectivity index (χ1v) is 4.07. The molecular formula is C8H12ClN5. The van der Waals surface area contributed by atoms with Crippen molar-refractivity contribution in [3.63, 3.8) is 0 Å². The van der Waals surface area contributed by atoms with Crippen LogP contribution in [0.5, 0.6) is 0 Å². The monoisotopic (exact) mass is 213 g/mol. The lowest BCUT2D eigenvalue weighted by Gasteiger charge is -1.96. The standard InChI is InChI=1S/C8H12ClN5/c1-3-6(7(9)5-12-2)4-13-14-8(10)11/h3-5H,1H2,2H3,(H4,10,11,14)/b7-6-,12-5-,13-4+. The Morgan fingerprint density at radius 2 is 2.21 bits per heavy atom. The van der Waals surface area contributed by atoms with Gasteiger partial charge in [0.15, 0.2) is 0 Å². The summed E-state index contributed by atoms with van der Waals surface area (Å²) in [6.07, 6.45) is 4.39. The van der Waals surface area contributed by atoms with Crippen molar-refractivity contribution in [2.24, 2.45) is 15.8 Å². The highest BCUT2D eigenvalue weighted by molar-refractivity contribution is 6.41. The highest BCUT2D eigenvalue weighted by atomic mass is 35.5. The van der Waals surface area contributed by atoms with E-state index in [9.17, 15) is 0 Å². The number of rotatable bonds is 4. The topological polar surface area (TPSA) is 86.6 Å². The molecule has 0 saturated heterocycles. The van der Waals surface area contributed by atoms with Gasteiger partial charge in [0.1, 0.15) is 0 Å². The molecule has 0 saturated carbocycles. The minimum absolute atomic E-state index is 0.245. The van der Waals surface area contributed by atoms with Crippen LogP contribution in [0.1, 0.15) is 0 Å². The Hall–Kier alpha value is -1.62. The molecule has 0 heterocycles. The quantitative estimate of drug-likeness (QED) is 0.280. The largest absolute Gasteiger partial charge is 0.369 e. The lowest BCUT2D eigenvalue weighted by atomic mass is 10.3. The fourth-order valence-electron chi connectivity index (χ4n) is 0.571. The molecule has 0 bridgehead atoms. The molecule has 0 atom stereocenters. The van der Waals surface area contributed by atoms with Crippen molar-refractivity contribution in [1.82, 2.24) is 5.43 Å². The molecule has 0 unspecified atom stereocenters. The average molecular weight is 214 g/mol. The summed E-state index contributed by atoms with van der Waals surface area (Å²) in [4.78, 5) is 3.74. The fourth-order valence-corrected chi connectivity index (χ4v) is 0.795. The maximum Gasteiger partial charge on any atom is 0.206 e. The Balaban J connectivity index is 4.57. The Labute approximate surface area is 87.6 Å². The molecule has 0 aromatic rings. The third kappa shape index (κ3) is 5.10. The molecule has 0 radical (unpaired) electrons. The molecule has 0 spiro atoms. The van der Waals surface area contributed by atoms with Gasteiger partial charge in [-0.05, 0) is 0 Å². The van der Waals surface area contributed by atoms with Crippen LogP contribution in [0, 0.1) is 5.41 Å². The number of aliphatic imine (C=N–C) groups is 1. The van der Waals surface area contributed by atoms with Crippen molar-refractivity contribution < 1.29 is 0 Å². The molecule has 5 nitrogen and oxygen atoms in total. The van der Waals surface area contributed by atoms with Gasteiger partial charge in [0.2, 0.25) is 5.96 Å². The summed E-state index contributed by atoms with van der Waals surface area (Å²) in [7, 11) is 1.61. The minimum Gasteiger partial charge on any atom is -0.369 e. The first-order valence-electron chi connectivity index (χ1n) is 3.69. The summed E-state index contributed by atoms with van der Waals surface area (Å²) < 4.78 is 0. The Morgan fingerprint density at radius 1 is 1.57 bits per heavy atom. The molecular weight excluding hydrogens is 202 g/mol. The van der Waals surface area contributed by atoms with Crippen LogP contribution in [0.4, 0.5) is 0 Å². The van der Waals surface area contributed by atoms with Crippen molar-refractivity contribution in [2.45, 2.75) is 0 Å². The van der Waals surface area contributed by atoms with Gasteiger partial charge in [-0.25, -0.2) is 5.43 Å². The minimum atomic E-state index is -0.245. The fraction of sp³-hybridized carbons (Fsp3) is 0.125. The van der Waals surface area contributed by atoms with Gasteiger partial charge >= 0.3 is 0 Å². The van der Waals surface area contributed by atoms with E-state index in [1.807, 2.05) is 0 Å². The highest BCUT2D eigenvalue weighted by Crippen LogP contribution is 2.05. The van der Waals surface area contributed by atoms with Crippen LogP contribution in [0.3, 0.4) is 0 Å². The SMILES string of the molecule is C=CC(/C=N/NC(=N)N)=C(Cl)\C=N/C. The normalized spacial score (nSPS) is 13.0. The number of hydrazone groups is 1. The van der Waals surface area contributed by atoms with Gasteiger partial charge in [-0.15, -0.1) is 0 Å². The van der Waals surface area contributed by atoms with E-state index in [-0.39, 0.29) is 5.96 Å². The van der Waals surface area contributed by atoms with Gasteiger partial charge in [0, 0.05) is 18.8 Å². The van der Waals surface area contributed by atoms with Gasteiger partial charge in [-0.2, -0.15) is 5.10 Å². The summed E-state index contributed by atoms with van der Waals surface area (Å²) in [5.41, 5.74) is 7.85. The van der Waals surface area contributed by atoms with E-state index in [0.29, 0.717) is 10.6 Å². The lowest BCUT2D eigenvalue weighted by Crippen LogP contribution is -2.25. The van der Waals surface area contributed by atoms with E-state index < -0.39 is 0 Å². The molecule has 4 N–H and O–H groups in total. The molecule has 76 valence electrons. The summed E-state index contributed by atoms with van der Waals surface area (Å²) in [5, 5.41) is 10.9. The van der Waals surface area contributed by atoms with Crippen LogP contribution in [0.15, 0.2) is 33.4 Å². The predicted octanol–water partition coefficient (Wildman–Crippen LogP) is 0.835. The van der Waals surface area contributed by atoms with E-state index in [1.54, 1.807) is 7.05 Å². The second kappa shape index (κ2) is 6.85. The van der Waals surface area contributed by atoms with Crippen molar-refractivity contribution in [3.05, 3.63) is 23.3 Å². The number of guanidine groups is 1. The molecule has 0 aliphatic carbocycles. The number of allylic oxidation sites excluding steroid dienone is 3. The number of hydrogen-bond donors (Lipinski definition) is 3. The smallest absolute Gasteiger partial charge is 0.206 e. The summed E-state index contributed by atoms with van der Waals surface area (Å²) in [6.45, 7) is 3.55. The maximum absolute atomic E-state index is 6.84. The number of hydrogen-bond acceptors (Lipinski definition) is 3. The van der Waals surface area contributed by atoms with Crippen LogP contribution in [-0.2, 0) is 0 Å². The van der Waals surface area contributed by atoms with E-state index in [4.69, 9.17) is 22.7 Å². The van der Waals surface area contributed by atoms with Crippen molar-refractivity contribution in [1.29, 1.82) is 5.41 Å². The van der Waals surface area contributed by atoms with E-state index in [2.05, 4.69) is 22.1 Å². The van der Waals surface area contributed by atoms with Crippen molar-refractivity contribution in [3.8, 4) is 0 Å². The van der Waals surface area contributed by atoms with Crippen LogP contribution < -0.4 is 11.2 Å². The van der Waals surface area contributed by atoms with Gasteiger partial charge in [0.25, 0.3) is 0 Å². The van der Waals surface area contributed by atoms with Crippen LogP contribution in [-0.4, -0.2) is 25.4 Å². The zero-order chi connectivity index (χ0) is 11.0. The first-order chi connectivity index (χ1) is 6.61. The van der Waals surface area contributed by atoms with Crippen molar-refractivity contribution in [2.75, 3.05) is 7.05 Å². The van der Waals surface area contributed by atoms with E-state index in [1.165, 1.54) is 18.5 Å². The van der Waals surface area contributed by atoms with Crippen molar-refractivity contribution >= 4 is 30.0 Å². The molecule has 0 rings (SSSR count). The molecule has 0 aliphatic rings. The molecule has 0 amide bonds. The van der Waals surface area contributed by atoms with Crippen LogP contribution >= 0.6 is 11.6 Å².